The van der Waals surface area contributed by atoms with E-state index < -0.39 is 5.97 Å². The standard InChI is InChI=1S/C13H21N3O4S/c1-8(2)3-9(4-11(17)18)5-14-12(19)15-6-10-7-21-13(20)16-10/h7-9H,3-6H2,1-2H3,(H,16,20)(H,17,18)(H2,14,15,19)/t9-/m0/s1. The molecule has 0 aliphatic carbocycles. The number of amides is 2. The fraction of sp³-hybridized carbons (Fsp3) is 0.615. The zero-order valence-corrected chi connectivity index (χ0v) is 13.0. The molecule has 1 aromatic rings. The van der Waals surface area contributed by atoms with Gasteiger partial charge in [0.25, 0.3) is 0 Å². The molecule has 21 heavy (non-hydrogen) atoms. The first kappa shape index (κ1) is 17.2. The molecule has 1 aromatic heterocycles. The number of aromatic nitrogens is 1. The number of rotatable bonds is 8. The zero-order chi connectivity index (χ0) is 15.8. The number of carboxylic acid groups (broad SMARTS) is 1. The number of hydrogen-bond acceptors (Lipinski definition) is 4. The minimum Gasteiger partial charge on any atom is -0.481 e. The van der Waals surface area contributed by atoms with Crippen LogP contribution in [0.4, 0.5) is 4.79 Å². The van der Waals surface area contributed by atoms with Gasteiger partial charge in [-0.05, 0) is 18.3 Å². The van der Waals surface area contributed by atoms with E-state index in [1.807, 2.05) is 13.8 Å². The van der Waals surface area contributed by atoms with Crippen molar-refractivity contribution in [1.29, 1.82) is 0 Å². The van der Waals surface area contributed by atoms with Crippen LogP contribution < -0.4 is 15.5 Å². The van der Waals surface area contributed by atoms with E-state index in [0.29, 0.717) is 18.2 Å². The molecule has 1 atom stereocenters. The highest BCUT2D eigenvalue weighted by Crippen LogP contribution is 2.14. The van der Waals surface area contributed by atoms with Gasteiger partial charge in [0.2, 0.25) is 0 Å². The van der Waals surface area contributed by atoms with Gasteiger partial charge >= 0.3 is 16.9 Å². The van der Waals surface area contributed by atoms with Gasteiger partial charge in [0.15, 0.2) is 0 Å². The van der Waals surface area contributed by atoms with E-state index in [1.54, 1.807) is 5.38 Å². The van der Waals surface area contributed by atoms with E-state index in [2.05, 4.69) is 15.6 Å². The summed E-state index contributed by atoms with van der Waals surface area (Å²) >= 11 is 1.04. The normalized spacial score (nSPS) is 12.1. The Labute approximate surface area is 126 Å². The Morgan fingerprint density at radius 2 is 2.10 bits per heavy atom. The number of nitrogens with one attached hydrogen (secondary N) is 3. The molecule has 0 unspecified atom stereocenters. The third-order valence-corrected chi connectivity index (χ3v) is 3.55. The molecule has 0 aromatic carbocycles. The highest BCUT2D eigenvalue weighted by Gasteiger charge is 2.16. The third kappa shape index (κ3) is 7.50. The maximum Gasteiger partial charge on any atom is 0.315 e. The fourth-order valence-electron chi connectivity index (χ4n) is 2.03. The summed E-state index contributed by atoms with van der Waals surface area (Å²) < 4.78 is 0. The number of H-pyrrole nitrogens is 1. The summed E-state index contributed by atoms with van der Waals surface area (Å²) in [5.74, 6) is -0.581. The lowest BCUT2D eigenvalue weighted by atomic mass is 9.94. The monoisotopic (exact) mass is 315 g/mol. The van der Waals surface area contributed by atoms with E-state index in [0.717, 1.165) is 17.8 Å². The van der Waals surface area contributed by atoms with Crippen molar-refractivity contribution < 1.29 is 14.7 Å². The van der Waals surface area contributed by atoms with Crippen LogP contribution in [0.2, 0.25) is 0 Å². The largest absolute Gasteiger partial charge is 0.481 e. The van der Waals surface area contributed by atoms with Crippen LogP contribution in [-0.4, -0.2) is 28.6 Å². The maximum absolute atomic E-state index is 11.6. The van der Waals surface area contributed by atoms with Crippen molar-refractivity contribution in [2.45, 2.75) is 33.2 Å². The molecule has 1 heterocycles. The second-order valence-electron chi connectivity index (χ2n) is 5.33. The van der Waals surface area contributed by atoms with Gasteiger partial charge in [0.05, 0.1) is 6.54 Å². The molecule has 7 nitrogen and oxygen atoms in total. The first-order valence-corrected chi connectivity index (χ1v) is 7.65. The van der Waals surface area contributed by atoms with E-state index in [9.17, 15) is 14.4 Å². The van der Waals surface area contributed by atoms with Crippen LogP contribution in [0.3, 0.4) is 0 Å². The van der Waals surface area contributed by atoms with E-state index in [-0.39, 0.29) is 29.8 Å². The number of aromatic amines is 1. The number of carboxylic acids is 1. The summed E-state index contributed by atoms with van der Waals surface area (Å²) in [5.41, 5.74) is 0.643. The summed E-state index contributed by atoms with van der Waals surface area (Å²) in [6.07, 6.45) is 0.779. The van der Waals surface area contributed by atoms with Crippen LogP contribution in [-0.2, 0) is 11.3 Å². The molecule has 0 fully saturated rings. The Morgan fingerprint density at radius 1 is 1.38 bits per heavy atom. The van der Waals surface area contributed by atoms with Crippen molar-refractivity contribution in [2.24, 2.45) is 11.8 Å². The van der Waals surface area contributed by atoms with Gasteiger partial charge < -0.3 is 20.7 Å². The van der Waals surface area contributed by atoms with E-state index in [1.165, 1.54) is 0 Å². The summed E-state index contributed by atoms with van der Waals surface area (Å²) in [7, 11) is 0. The summed E-state index contributed by atoms with van der Waals surface area (Å²) in [6, 6.07) is -0.374. The second-order valence-corrected chi connectivity index (χ2v) is 6.17. The highest BCUT2D eigenvalue weighted by atomic mass is 32.1. The van der Waals surface area contributed by atoms with Crippen LogP contribution in [0.1, 0.15) is 32.4 Å². The predicted octanol–water partition coefficient (Wildman–Crippen LogP) is 1.37. The number of carbonyl (C=O) groups excluding carboxylic acids is 1. The van der Waals surface area contributed by atoms with Crippen LogP contribution in [0, 0.1) is 11.8 Å². The topological polar surface area (TPSA) is 111 Å². The summed E-state index contributed by atoms with van der Waals surface area (Å²) in [4.78, 5) is 35.8. The smallest absolute Gasteiger partial charge is 0.315 e. The molecule has 0 bridgehead atoms. The molecular formula is C13H21N3O4S. The Hall–Kier alpha value is -1.83. The number of hydrogen-bond donors (Lipinski definition) is 4. The first-order chi connectivity index (χ1) is 9.86. The van der Waals surface area contributed by atoms with Crippen molar-refractivity contribution in [1.82, 2.24) is 15.6 Å². The Kier molecular flexibility index (Phi) is 6.93. The van der Waals surface area contributed by atoms with Gasteiger partial charge in [-0.2, -0.15) is 0 Å². The first-order valence-electron chi connectivity index (χ1n) is 6.77. The molecule has 118 valence electrons. The van der Waals surface area contributed by atoms with Crippen molar-refractivity contribution in [3.05, 3.63) is 20.7 Å². The molecule has 0 aliphatic rings. The molecule has 0 aliphatic heterocycles. The molecule has 0 saturated heterocycles. The van der Waals surface area contributed by atoms with Gasteiger partial charge in [0, 0.05) is 24.0 Å². The lowest BCUT2D eigenvalue weighted by Gasteiger charge is -2.17. The van der Waals surface area contributed by atoms with Gasteiger partial charge in [-0.3, -0.25) is 9.59 Å². The van der Waals surface area contributed by atoms with Crippen LogP contribution in [0.25, 0.3) is 0 Å². The molecule has 8 heteroatoms. The quantitative estimate of drug-likeness (QED) is 0.580. The molecule has 1 rings (SSSR count). The predicted molar refractivity (Wildman–Crippen MR) is 80.4 cm³/mol. The van der Waals surface area contributed by atoms with Crippen LogP contribution in [0.15, 0.2) is 10.2 Å². The Balaban J connectivity index is 2.34. The molecule has 0 radical (unpaired) electrons. The number of carbonyl (C=O) groups is 2. The molecule has 0 spiro atoms. The van der Waals surface area contributed by atoms with Crippen molar-refractivity contribution in [3.63, 3.8) is 0 Å². The van der Waals surface area contributed by atoms with Gasteiger partial charge in [-0.1, -0.05) is 25.2 Å². The fourth-order valence-corrected chi connectivity index (χ4v) is 2.61. The van der Waals surface area contributed by atoms with Crippen molar-refractivity contribution >= 4 is 23.3 Å². The summed E-state index contributed by atoms with van der Waals surface area (Å²) in [5, 5.41) is 15.8. The minimum atomic E-state index is -0.862. The van der Waals surface area contributed by atoms with Crippen molar-refractivity contribution in [3.8, 4) is 0 Å². The lowest BCUT2D eigenvalue weighted by Crippen LogP contribution is -2.38. The molecule has 0 saturated carbocycles. The SMILES string of the molecule is CC(C)C[C@H](CNC(=O)NCc1csc(=O)[nH]1)CC(=O)O. The maximum atomic E-state index is 11.6. The third-order valence-electron chi connectivity index (χ3n) is 2.83. The minimum absolute atomic E-state index is 0.0380. The average Bonchev–Trinajstić information content (AvgIpc) is 2.78. The number of aliphatic carboxylic acids is 1. The lowest BCUT2D eigenvalue weighted by molar-refractivity contribution is -0.138. The molecular weight excluding hydrogens is 294 g/mol. The van der Waals surface area contributed by atoms with Crippen molar-refractivity contribution in [2.75, 3.05) is 6.54 Å². The number of urea groups is 1. The Bertz CT molecular complexity index is 523. The van der Waals surface area contributed by atoms with Gasteiger partial charge in [-0.25, -0.2) is 4.79 Å². The second kappa shape index (κ2) is 8.46. The van der Waals surface area contributed by atoms with Gasteiger partial charge in [-0.15, -0.1) is 0 Å². The number of thiazole rings is 1. The molecule has 2 amide bonds. The Morgan fingerprint density at radius 3 is 2.62 bits per heavy atom. The average molecular weight is 315 g/mol. The van der Waals surface area contributed by atoms with Crippen LogP contribution >= 0.6 is 11.3 Å². The molecule has 4 N–H and O–H groups in total. The zero-order valence-electron chi connectivity index (χ0n) is 12.1. The van der Waals surface area contributed by atoms with E-state index in [4.69, 9.17) is 5.11 Å². The summed E-state index contributed by atoms with van der Waals surface area (Å²) in [6.45, 7) is 4.58. The van der Waals surface area contributed by atoms with E-state index >= 15 is 0 Å². The van der Waals surface area contributed by atoms with Crippen LogP contribution in [0.5, 0.6) is 0 Å². The highest BCUT2D eigenvalue weighted by molar-refractivity contribution is 7.07. The van der Waals surface area contributed by atoms with Gasteiger partial charge in [0.1, 0.15) is 0 Å².